The van der Waals surface area contributed by atoms with Crippen molar-refractivity contribution in [3.63, 3.8) is 0 Å². The minimum Gasteiger partial charge on any atom is -0.467 e. The maximum atomic E-state index is 12.8. The third-order valence-electron chi connectivity index (χ3n) is 4.07. The molecule has 0 bridgehead atoms. The lowest BCUT2D eigenvalue weighted by atomic mass is 9.84. The second-order valence-electron chi connectivity index (χ2n) is 5.39. The number of methoxy groups -OCH3 is 1. The lowest BCUT2D eigenvalue weighted by Crippen LogP contribution is -2.51. The summed E-state index contributed by atoms with van der Waals surface area (Å²) in [7, 11) is 3.26. The zero-order valence-electron chi connectivity index (χ0n) is 13.6. The lowest BCUT2D eigenvalue weighted by Gasteiger charge is -2.40. The van der Waals surface area contributed by atoms with E-state index in [-0.39, 0.29) is 5.97 Å². The van der Waals surface area contributed by atoms with E-state index >= 15 is 0 Å². The summed E-state index contributed by atoms with van der Waals surface area (Å²) in [5.41, 5.74) is 0.676. The molecule has 3 nitrogen and oxygen atoms in total. The number of hydrogen-bond acceptors (Lipinski definition) is 3. The van der Waals surface area contributed by atoms with E-state index in [2.05, 4.69) is 22.5 Å². The summed E-state index contributed by atoms with van der Waals surface area (Å²) in [4.78, 5) is 14.7. The molecule has 0 aliphatic rings. The van der Waals surface area contributed by atoms with Gasteiger partial charge in [-0.25, -0.2) is 4.79 Å². The van der Waals surface area contributed by atoms with Crippen molar-refractivity contribution in [1.29, 1.82) is 0 Å². The molecule has 1 atom stereocenters. The molecule has 0 saturated heterocycles. The topological polar surface area (TPSA) is 29.5 Å². The Balaban J connectivity index is 2.63. The number of esters is 1. The Labute approximate surface area is 156 Å². The molecule has 1 unspecified atom stereocenters. The highest BCUT2D eigenvalue weighted by molar-refractivity contribution is 9.10. The van der Waals surface area contributed by atoms with Gasteiger partial charge in [-0.3, -0.25) is 0 Å². The van der Waals surface area contributed by atoms with E-state index in [9.17, 15) is 4.79 Å². The van der Waals surface area contributed by atoms with Crippen LogP contribution in [0.5, 0.6) is 0 Å². The summed E-state index contributed by atoms with van der Waals surface area (Å²) in [6.45, 7) is 3.83. The number of hydrogen-bond donors (Lipinski definition) is 0. The van der Waals surface area contributed by atoms with Gasteiger partial charge in [-0.2, -0.15) is 0 Å². The van der Waals surface area contributed by atoms with Gasteiger partial charge in [-0.1, -0.05) is 45.7 Å². The normalized spacial score (nSPS) is 13.0. The van der Waals surface area contributed by atoms with Crippen molar-refractivity contribution in [3.05, 3.63) is 76.2 Å². The Hall–Kier alpha value is -1.78. The molecule has 0 radical (unpaired) electrons. The van der Waals surface area contributed by atoms with E-state index in [0.717, 1.165) is 15.7 Å². The zero-order valence-corrected chi connectivity index (χ0v) is 16.0. The first kappa shape index (κ1) is 18.6. The molecule has 126 valence electrons. The van der Waals surface area contributed by atoms with E-state index in [1.165, 1.54) is 7.11 Å². The average Bonchev–Trinajstić information content (AvgIpc) is 2.60. The Kier molecular flexibility index (Phi) is 6.08. The van der Waals surface area contributed by atoms with Crippen LogP contribution in [0, 0.1) is 0 Å². The van der Waals surface area contributed by atoms with Crippen LogP contribution in [0.25, 0.3) is 0 Å². The number of ether oxygens (including phenoxy) is 1. The number of nitrogens with zero attached hydrogens (tertiary/aromatic N) is 1. The molecule has 0 saturated carbocycles. The largest absolute Gasteiger partial charge is 0.467 e. The van der Waals surface area contributed by atoms with E-state index in [4.69, 9.17) is 16.3 Å². The quantitative estimate of drug-likeness (QED) is 0.487. The van der Waals surface area contributed by atoms with Crippen molar-refractivity contribution in [3.8, 4) is 0 Å². The Morgan fingerprint density at radius 2 is 1.83 bits per heavy atom. The van der Waals surface area contributed by atoms with Crippen LogP contribution in [0.4, 0.5) is 5.69 Å². The van der Waals surface area contributed by atoms with Gasteiger partial charge in [0.15, 0.2) is 5.54 Å². The molecule has 0 aliphatic heterocycles. The number of halogens is 2. The molecule has 5 heteroatoms. The molecule has 0 aromatic heterocycles. The number of anilines is 1. The predicted octanol–water partition coefficient (Wildman–Crippen LogP) is 5.18. The summed E-state index contributed by atoms with van der Waals surface area (Å²) in [6, 6.07) is 15.0. The van der Waals surface area contributed by atoms with Gasteiger partial charge in [0, 0.05) is 28.7 Å². The van der Waals surface area contributed by atoms with Crippen molar-refractivity contribution in [2.45, 2.75) is 12.0 Å². The number of carbonyl (C=O) groups excluding carboxylic acids is 1. The summed E-state index contributed by atoms with van der Waals surface area (Å²) in [6.07, 6.45) is 2.13. The van der Waals surface area contributed by atoms with Crippen LogP contribution >= 0.6 is 27.5 Å². The first-order valence-electron chi connectivity index (χ1n) is 7.40. The van der Waals surface area contributed by atoms with Crippen molar-refractivity contribution < 1.29 is 9.53 Å². The van der Waals surface area contributed by atoms with E-state index in [1.54, 1.807) is 18.2 Å². The van der Waals surface area contributed by atoms with Gasteiger partial charge in [0.1, 0.15) is 0 Å². The van der Waals surface area contributed by atoms with Gasteiger partial charge in [-0.05, 0) is 42.0 Å². The van der Waals surface area contributed by atoms with Crippen LogP contribution in [-0.4, -0.2) is 20.1 Å². The van der Waals surface area contributed by atoms with E-state index in [0.29, 0.717) is 11.4 Å². The highest BCUT2D eigenvalue weighted by atomic mass is 79.9. The fourth-order valence-electron chi connectivity index (χ4n) is 2.77. The predicted molar refractivity (Wildman–Crippen MR) is 103 cm³/mol. The SMILES string of the molecule is C=CCC(C(=O)OC)(c1ccc(Br)cc1)N(C)c1ccc(Cl)cc1. The monoisotopic (exact) mass is 407 g/mol. The minimum atomic E-state index is -1.01. The second kappa shape index (κ2) is 7.86. The molecule has 0 N–H and O–H groups in total. The maximum Gasteiger partial charge on any atom is 0.336 e. The molecule has 0 aliphatic carbocycles. The minimum absolute atomic E-state index is 0.345. The molecule has 2 aromatic rings. The average molecular weight is 409 g/mol. The Bertz CT molecular complexity index is 715. The lowest BCUT2D eigenvalue weighted by molar-refractivity contribution is -0.147. The molecule has 24 heavy (non-hydrogen) atoms. The van der Waals surface area contributed by atoms with Gasteiger partial charge < -0.3 is 9.64 Å². The standard InChI is InChI=1S/C19H19BrClNO2/c1-4-13-19(18(23)24-3,14-5-7-15(20)8-6-14)22(2)17-11-9-16(21)10-12-17/h4-12H,1,13H2,2-3H3. The van der Waals surface area contributed by atoms with Gasteiger partial charge >= 0.3 is 5.97 Å². The highest BCUT2D eigenvalue weighted by Crippen LogP contribution is 2.37. The highest BCUT2D eigenvalue weighted by Gasteiger charge is 2.44. The van der Waals surface area contributed by atoms with Crippen molar-refractivity contribution in [1.82, 2.24) is 0 Å². The van der Waals surface area contributed by atoms with Gasteiger partial charge in [0.05, 0.1) is 7.11 Å². The number of rotatable bonds is 6. The van der Waals surface area contributed by atoms with Gasteiger partial charge in [0.2, 0.25) is 0 Å². The summed E-state index contributed by atoms with van der Waals surface area (Å²) in [5.74, 6) is -0.345. The molecular formula is C19H19BrClNO2. The van der Waals surface area contributed by atoms with Gasteiger partial charge in [-0.15, -0.1) is 6.58 Å². The van der Waals surface area contributed by atoms with Crippen LogP contribution in [-0.2, 0) is 15.1 Å². The van der Waals surface area contributed by atoms with Crippen LogP contribution in [0.3, 0.4) is 0 Å². The molecule has 2 rings (SSSR count). The number of carbonyl (C=O) groups is 1. The van der Waals surface area contributed by atoms with Crippen LogP contribution < -0.4 is 4.90 Å². The molecule has 0 fully saturated rings. The first-order valence-corrected chi connectivity index (χ1v) is 8.57. The number of benzene rings is 2. The molecule has 0 spiro atoms. The van der Waals surface area contributed by atoms with Crippen molar-refractivity contribution >= 4 is 39.2 Å². The third kappa shape index (κ3) is 3.50. The summed E-state index contributed by atoms with van der Waals surface area (Å²) >= 11 is 9.42. The van der Waals surface area contributed by atoms with E-state index in [1.807, 2.05) is 48.3 Å². The number of likely N-dealkylation sites (N-methyl/N-ethyl adjacent to an activating group) is 1. The molecule has 0 amide bonds. The molecular weight excluding hydrogens is 390 g/mol. The van der Waals surface area contributed by atoms with Crippen LogP contribution in [0.1, 0.15) is 12.0 Å². The molecule has 0 heterocycles. The third-order valence-corrected chi connectivity index (χ3v) is 4.85. The van der Waals surface area contributed by atoms with Gasteiger partial charge in [0.25, 0.3) is 0 Å². The van der Waals surface area contributed by atoms with Crippen LogP contribution in [0.15, 0.2) is 65.7 Å². The second-order valence-corrected chi connectivity index (χ2v) is 6.74. The summed E-state index contributed by atoms with van der Waals surface area (Å²) < 4.78 is 6.10. The summed E-state index contributed by atoms with van der Waals surface area (Å²) in [5, 5.41) is 0.642. The maximum absolute atomic E-state index is 12.8. The first-order chi connectivity index (χ1) is 11.5. The Morgan fingerprint density at radius 3 is 2.33 bits per heavy atom. The van der Waals surface area contributed by atoms with Crippen LogP contribution in [0.2, 0.25) is 5.02 Å². The smallest absolute Gasteiger partial charge is 0.336 e. The fraction of sp³-hybridized carbons (Fsp3) is 0.211. The van der Waals surface area contributed by atoms with Crippen molar-refractivity contribution in [2.75, 3.05) is 19.1 Å². The molecule has 2 aromatic carbocycles. The van der Waals surface area contributed by atoms with Crippen molar-refractivity contribution in [2.24, 2.45) is 0 Å². The zero-order chi connectivity index (χ0) is 17.7. The van der Waals surface area contributed by atoms with E-state index < -0.39 is 5.54 Å². The fourth-order valence-corrected chi connectivity index (χ4v) is 3.17. The Morgan fingerprint density at radius 1 is 1.25 bits per heavy atom.